The Hall–Kier alpha value is -3.09. The molecule has 1 saturated heterocycles. The summed E-state index contributed by atoms with van der Waals surface area (Å²) < 4.78 is 70.5. The minimum absolute atomic E-state index is 0.0215. The normalized spacial score (nSPS) is 15.6. The van der Waals surface area contributed by atoms with E-state index in [0.29, 0.717) is 35.7 Å². The summed E-state index contributed by atoms with van der Waals surface area (Å²) in [5.41, 5.74) is 0.299. The quantitative estimate of drug-likeness (QED) is 0.538. The van der Waals surface area contributed by atoms with Crippen LogP contribution >= 0.6 is 0 Å². The van der Waals surface area contributed by atoms with Gasteiger partial charge in [-0.05, 0) is 24.3 Å². The zero-order valence-electron chi connectivity index (χ0n) is 17.2. The average molecular weight is 483 g/mol. The Bertz CT molecular complexity index is 1280. The van der Waals surface area contributed by atoms with Crippen molar-refractivity contribution in [1.82, 2.24) is 14.2 Å². The van der Waals surface area contributed by atoms with Crippen LogP contribution in [0, 0.1) is 0 Å². The van der Waals surface area contributed by atoms with Gasteiger partial charge in [-0.15, -0.1) is 0 Å². The number of halogens is 3. The molecule has 2 N–H and O–H groups in total. The van der Waals surface area contributed by atoms with E-state index >= 15 is 0 Å². The molecule has 0 atom stereocenters. The number of carbonyl (C=O) groups is 1. The number of carbonyl (C=O) groups excluding carboxylic acids is 1. The van der Waals surface area contributed by atoms with Crippen molar-refractivity contribution >= 4 is 26.9 Å². The molecule has 1 fully saturated rings. The van der Waals surface area contributed by atoms with Crippen LogP contribution in [-0.2, 0) is 21.4 Å². The van der Waals surface area contributed by atoms with Crippen LogP contribution in [0.15, 0.2) is 53.4 Å². The maximum atomic E-state index is 13.4. The van der Waals surface area contributed by atoms with Crippen molar-refractivity contribution in [3.63, 3.8) is 0 Å². The summed E-state index contributed by atoms with van der Waals surface area (Å²) in [6, 6.07) is 10.6. The van der Waals surface area contributed by atoms with E-state index < -0.39 is 28.0 Å². The number of aromatic hydroxyl groups is 1. The molecule has 1 aliphatic rings. The predicted molar refractivity (Wildman–Crippen MR) is 112 cm³/mol. The van der Waals surface area contributed by atoms with E-state index in [1.807, 2.05) is 4.90 Å². The molecule has 0 bridgehead atoms. The van der Waals surface area contributed by atoms with Crippen molar-refractivity contribution < 1.29 is 36.2 Å². The second kappa shape index (κ2) is 8.69. The number of rotatable bonds is 5. The first kappa shape index (κ1) is 23.1. The number of alkyl halides is 3. The van der Waals surface area contributed by atoms with Gasteiger partial charge >= 0.3 is 12.1 Å². The van der Waals surface area contributed by atoms with Crippen molar-refractivity contribution in [3.8, 4) is 11.6 Å². The Morgan fingerprint density at radius 3 is 2.39 bits per heavy atom. The lowest BCUT2D eigenvalue weighted by molar-refractivity contribution is -0.190. The van der Waals surface area contributed by atoms with Gasteiger partial charge in [-0.25, -0.2) is 17.2 Å². The number of nitrogens with zero attached hydrogens (tertiary/aromatic N) is 2. The molecule has 176 valence electrons. The molecule has 3 aromatic rings. The fourth-order valence-electron chi connectivity index (χ4n) is 3.71. The summed E-state index contributed by atoms with van der Waals surface area (Å²) in [4.78, 5) is 13.4. The number of piperazine rings is 1. The molecule has 12 heteroatoms. The smallest absolute Gasteiger partial charge is 0.491 e. The van der Waals surface area contributed by atoms with Crippen LogP contribution in [0.2, 0.25) is 0 Å². The van der Waals surface area contributed by atoms with Crippen LogP contribution < -0.4 is 10.1 Å². The third-order valence-corrected chi connectivity index (χ3v) is 7.02. The highest BCUT2D eigenvalue weighted by atomic mass is 32.2. The Morgan fingerprint density at radius 2 is 1.76 bits per heavy atom. The van der Waals surface area contributed by atoms with Gasteiger partial charge in [-0.3, -0.25) is 4.90 Å². The van der Waals surface area contributed by atoms with E-state index in [2.05, 4.69) is 10.1 Å². The highest BCUT2D eigenvalue weighted by molar-refractivity contribution is 7.90. The van der Waals surface area contributed by atoms with Crippen molar-refractivity contribution in [2.24, 2.45) is 0 Å². The number of nitrogens with one attached hydrogen (secondary N) is 1. The van der Waals surface area contributed by atoms with Gasteiger partial charge in [0.05, 0.1) is 10.4 Å². The lowest BCUT2D eigenvalue weighted by Crippen LogP contribution is -2.42. The predicted octanol–water partition coefficient (Wildman–Crippen LogP) is 2.46. The molecule has 0 radical (unpaired) electrons. The molecule has 2 aromatic carbocycles. The molecule has 0 amide bonds. The minimum atomic E-state index is -5.33. The number of phenolic OH excluding ortho intramolecular Hbond substituents is 1. The summed E-state index contributed by atoms with van der Waals surface area (Å²) in [5, 5.41) is 13.8. The Balaban J connectivity index is 1.91. The van der Waals surface area contributed by atoms with E-state index in [1.54, 1.807) is 6.07 Å². The second-order valence-corrected chi connectivity index (χ2v) is 9.26. The number of ether oxygens (including phenoxy) is 1. The molecule has 0 saturated carbocycles. The third kappa shape index (κ3) is 4.54. The minimum Gasteiger partial charge on any atom is -0.508 e. The first-order valence-corrected chi connectivity index (χ1v) is 11.4. The Morgan fingerprint density at radius 1 is 1.09 bits per heavy atom. The van der Waals surface area contributed by atoms with Crippen LogP contribution in [0.5, 0.6) is 11.6 Å². The fourth-order valence-corrected chi connectivity index (χ4v) is 5.17. The van der Waals surface area contributed by atoms with Crippen LogP contribution in [0.1, 0.15) is 5.56 Å². The highest BCUT2D eigenvalue weighted by Crippen LogP contribution is 2.37. The number of hydrogen-bond acceptors (Lipinski definition) is 7. The molecular formula is C21H20F3N3O5S. The van der Waals surface area contributed by atoms with E-state index in [4.69, 9.17) is 0 Å². The van der Waals surface area contributed by atoms with Gasteiger partial charge in [0.25, 0.3) is 10.0 Å². The van der Waals surface area contributed by atoms with Gasteiger partial charge in [0.15, 0.2) is 0 Å². The molecule has 4 rings (SSSR count). The van der Waals surface area contributed by atoms with Gasteiger partial charge in [0.2, 0.25) is 5.88 Å². The van der Waals surface area contributed by atoms with E-state index in [1.165, 1.54) is 36.4 Å². The Kier molecular flexibility index (Phi) is 6.08. The van der Waals surface area contributed by atoms with Gasteiger partial charge < -0.3 is 15.2 Å². The van der Waals surface area contributed by atoms with Crippen molar-refractivity contribution in [2.75, 3.05) is 26.2 Å². The van der Waals surface area contributed by atoms with Crippen molar-refractivity contribution in [2.45, 2.75) is 17.6 Å². The number of benzene rings is 2. The zero-order valence-corrected chi connectivity index (χ0v) is 18.0. The van der Waals surface area contributed by atoms with Crippen LogP contribution in [0.25, 0.3) is 10.9 Å². The monoisotopic (exact) mass is 483 g/mol. The molecule has 0 spiro atoms. The lowest BCUT2D eigenvalue weighted by Gasteiger charge is -2.27. The number of fused-ring (bicyclic) bond motifs is 1. The third-order valence-electron chi connectivity index (χ3n) is 5.30. The lowest BCUT2D eigenvalue weighted by atomic mass is 10.1. The molecule has 8 nitrogen and oxygen atoms in total. The molecule has 2 heterocycles. The number of hydrogen-bond donors (Lipinski definition) is 2. The molecule has 0 aliphatic carbocycles. The average Bonchev–Trinajstić information content (AvgIpc) is 3.15. The Labute approximate surface area is 187 Å². The SMILES string of the molecule is O=C(Oc1cc2c(CN3CCNCC3)c(O)ccc2n1S(=O)(=O)c1ccccc1)C(F)(F)F. The summed E-state index contributed by atoms with van der Waals surface area (Å²) >= 11 is 0. The zero-order chi connectivity index (χ0) is 23.8. The fraction of sp³-hybridized carbons (Fsp3) is 0.286. The van der Waals surface area contributed by atoms with Gasteiger partial charge in [0.1, 0.15) is 5.75 Å². The largest absolute Gasteiger partial charge is 0.508 e. The molecular weight excluding hydrogens is 463 g/mol. The van der Waals surface area contributed by atoms with Crippen LogP contribution in [0.3, 0.4) is 0 Å². The molecule has 0 unspecified atom stereocenters. The van der Waals surface area contributed by atoms with Crippen LogP contribution in [-0.4, -0.2) is 60.7 Å². The van der Waals surface area contributed by atoms with Crippen LogP contribution in [0.4, 0.5) is 13.2 Å². The highest BCUT2D eigenvalue weighted by Gasteiger charge is 2.42. The number of aromatic nitrogens is 1. The standard InChI is InChI=1S/C21H20F3N3O5S/c22-21(23,24)20(29)32-19-12-15-16(13-26-10-8-25-9-11-26)18(28)7-6-17(15)27(19)33(30,31)14-4-2-1-3-5-14/h1-7,12,25,28H,8-11,13H2. The maximum absolute atomic E-state index is 13.4. The van der Waals surface area contributed by atoms with Crippen molar-refractivity contribution in [1.29, 1.82) is 0 Å². The number of esters is 1. The summed E-state index contributed by atoms with van der Waals surface area (Å²) in [6.07, 6.45) is -5.33. The molecule has 1 aliphatic heterocycles. The summed E-state index contributed by atoms with van der Waals surface area (Å²) in [7, 11) is -4.44. The first-order chi connectivity index (χ1) is 15.6. The van der Waals surface area contributed by atoms with E-state index in [9.17, 15) is 31.5 Å². The van der Waals surface area contributed by atoms with Gasteiger partial charge in [-0.2, -0.15) is 13.2 Å². The molecule has 33 heavy (non-hydrogen) atoms. The van der Waals surface area contributed by atoms with E-state index in [0.717, 1.165) is 6.07 Å². The molecule has 1 aromatic heterocycles. The van der Waals surface area contributed by atoms with Crippen molar-refractivity contribution in [3.05, 3.63) is 54.1 Å². The maximum Gasteiger partial charge on any atom is 0.491 e. The summed E-state index contributed by atoms with van der Waals surface area (Å²) in [5.74, 6) is -3.52. The topological polar surface area (TPSA) is 101 Å². The first-order valence-electron chi connectivity index (χ1n) is 9.98. The van der Waals surface area contributed by atoms with E-state index in [-0.39, 0.29) is 28.1 Å². The summed E-state index contributed by atoms with van der Waals surface area (Å²) in [6.45, 7) is 2.99. The van der Waals surface area contributed by atoms with Gasteiger partial charge in [0, 0.05) is 49.7 Å². The van der Waals surface area contributed by atoms with Gasteiger partial charge in [-0.1, -0.05) is 18.2 Å². The second-order valence-electron chi connectivity index (χ2n) is 7.47. The number of phenols is 1.